The summed E-state index contributed by atoms with van der Waals surface area (Å²) in [7, 11) is 0. The smallest absolute Gasteiger partial charge is 0.124 e. The van der Waals surface area contributed by atoms with E-state index in [1.807, 2.05) is 18.2 Å². The van der Waals surface area contributed by atoms with Crippen molar-refractivity contribution in [3.05, 3.63) is 82.6 Å². The number of benzene rings is 3. The van der Waals surface area contributed by atoms with Crippen molar-refractivity contribution in [1.82, 2.24) is 0 Å². The average Bonchev–Trinajstić information content (AvgIpc) is 2.46. The molecule has 3 heteroatoms. The minimum Gasteiger partial charge on any atom is -0.207 e. The first-order valence-electron chi connectivity index (χ1n) is 6.23. The van der Waals surface area contributed by atoms with E-state index in [2.05, 4.69) is 40.2 Å². The molecule has 3 rings (SSSR count). The molecule has 100 valence electrons. The fourth-order valence-electron chi connectivity index (χ4n) is 2.35. The van der Waals surface area contributed by atoms with Crippen molar-refractivity contribution < 1.29 is 4.39 Å². The molecule has 0 aliphatic rings. The molecule has 0 aliphatic carbocycles. The third kappa shape index (κ3) is 2.46. The largest absolute Gasteiger partial charge is 0.207 e. The van der Waals surface area contributed by atoms with E-state index < -0.39 is 0 Å². The Hall–Kier alpha value is -1.38. The Morgan fingerprint density at radius 1 is 0.900 bits per heavy atom. The van der Waals surface area contributed by atoms with Crippen LogP contribution in [-0.2, 0) is 0 Å². The van der Waals surface area contributed by atoms with E-state index in [1.165, 1.54) is 17.5 Å². The summed E-state index contributed by atoms with van der Waals surface area (Å²) in [6, 6.07) is 18.8. The lowest BCUT2D eigenvalue weighted by Crippen LogP contribution is -1.95. The van der Waals surface area contributed by atoms with Crippen molar-refractivity contribution in [1.29, 1.82) is 0 Å². The number of fused-ring (bicyclic) bond motifs is 1. The summed E-state index contributed by atoms with van der Waals surface area (Å²) < 4.78 is 13.2. The summed E-state index contributed by atoms with van der Waals surface area (Å²) in [4.78, 5) is -0.0679. The van der Waals surface area contributed by atoms with Crippen LogP contribution in [0, 0.1) is 5.82 Å². The molecule has 0 spiro atoms. The van der Waals surface area contributed by atoms with Crippen LogP contribution in [0.5, 0.6) is 0 Å². The van der Waals surface area contributed by atoms with E-state index in [9.17, 15) is 4.39 Å². The summed E-state index contributed by atoms with van der Waals surface area (Å²) in [6.07, 6.45) is 0. The van der Waals surface area contributed by atoms with Gasteiger partial charge in [0.05, 0.1) is 4.83 Å². The van der Waals surface area contributed by atoms with Gasteiger partial charge in [0.2, 0.25) is 0 Å². The molecule has 0 saturated carbocycles. The number of rotatable bonds is 2. The van der Waals surface area contributed by atoms with Crippen LogP contribution >= 0.6 is 27.5 Å². The van der Waals surface area contributed by atoms with Gasteiger partial charge >= 0.3 is 0 Å². The average molecular weight is 350 g/mol. The van der Waals surface area contributed by atoms with Gasteiger partial charge in [-0.15, -0.1) is 0 Å². The number of alkyl halides is 1. The van der Waals surface area contributed by atoms with Gasteiger partial charge in [-0.25, -0.2) is 4.39 Å². The van der Waals surface area contributed by atoms with Crippen LogP contribution in [-0.4, -0.2) is 0 Å². The molecular weight excluding hydrogens is 339 g/mol. The molecule has 0 aromatic heterocycles. The normalized spacial score (nSPS) is 12.6. The highest BCUT2D eigenvalue weighted by Gasteiger charge is 2.16. The van der Waals surface area contributed by atoms with Gasteiger partial charge in [-0.05, 0) is 34.0 Å². The highest BCUT2D eigenvalue weighted by molar-refractivity contribution is 9.09. The minimum atomic E-state index is -0.323. The maximum atomic E-state index is 13.2. The van der Waals surface area contributed by atoms with Gasteiger partial charge in [0.15, 0.2) is 0 Å². The highest BCUT2D eigenvalue weighted by atomic mass is 79.9. The van der Waals surface area contributed by atoms with Crippen LogP contribution in [0.3, 0.4) is 0 Å². The highest BCUT2D eigenvalue weighted by Crippen LogP contribution is 2.38. The second-order valence-corrected chi connectivity index (χ2v) is 5.92. The van der Waals surface area contributed by atoms with Crippen molar-refractivity contribution in [2.24, 2.45) is 0 Å². The molecule has 0 nitrogen and oxygen atoms in total. The van der Waals surface area contributed by atoms with Crippen LogP contribution in [0.2, 0.25) is 5.02 Å². The molecule has 3 aromatic carbocycles. The Kier molecular flexibility index (Phi) is 3.77. The van der Waals surface area contributed by atoms with Crippen molar-refractivity contribution in [3.8, 4) is 0 Å². The zero-order valence-corrected chi connectivity index (χ0v) is 12.8. The molecule has 1 atom stereocenters. The third-order valence-corrected chi connectivity index (χ3v) is 4.65. The lowest BCUT2D eigenvalue weighted by Gasteiger charge is -2.15. The minimum absolute atomic E-state index is 0.0679. The number of halogens is 3. The Morgan fingerprint density at radius 3 is 2.45 bits per heavy atom. The summed E-state index contributed by atoms with van der Waals surface area (Å²) in [5.74, 6) is -0.323. The molecule has 0 fully saturated rings. The maximum absolute atomic E-state index is 13.2. The number of hydrogen-bond donors (Lipinski definition) is 0. The molecule has 0 bridgehead atoms. The maximum Gasteiger partial charge on any atom is 0.124 e. The van der Waals surface area contributed by atoms with Gasteiger partial charge in [-0.1, -0.05) is 76.1 Å². The Bertz CT molecular complexity index is 765. The monoisotopic (exact) mass is 348 g/mol. The quantitative estimate of drug-likeness (QED) is 0.489. The van der Waals surface area contributed by atoms with Crippen molar-refractivity contribution in [2.45, 2.75) is 4.83 Å². The molecule has 0 amide bonds. The van der Waals surface area contributed by atoms with Crippen LogP contribution < -0.4 is 0 Å². The van der Waals surface area contributed by atoms with Gasteiger partial charge in [-0.3, -0.25) is 0 Å². The fraction of sp³-hybridized carbons (Fsp3) is 0.0588. The van der Waals surface area contributed by atoms with Gasteiger partial charge in [0.1, 0.15) is 5.82 Å². The van der Waals surface area contributed by atoms with E-state index in [1.54, 1.807) is 6.07 Å². The van der Waals surface area contributed by atoms with E-state index in [4.69, 9.17) is 11.6 Å². The zero-order chi connectivity index (χ0) is 14.1. The van der Waals surface area contributed by atoms with E-state index in [-0.39, 0.29) is 10.6 Å². The summed E-state index contributed by atoms with van der Waals surface area (Å²) in [6.45, 7) is 0. The molecule has 3 aromatic rings. The SMILES string of the molecule is Fc1ccc(C(Br)c2cccc3ccccc23)c(Cl)c1. The molecular formula is C17H11BrClF. The van der Waals surface area contributed by atoms with Crippen LogP contribution in [0.1, 0.15) is 16.0 Å². The summed E-state index contributed by atoms with van der Waals surface area (Å²) >= 11 is 9.84. The first kappa shape index (κ1) is 13.6. The lowest BCUT2D eigenvalue weighted by molar-refractivity contribution is 0.627. The number of hydrogen-bond acceptors (Lipinski definition) is 0. The van der Waals surface area contributed by atoms with Crippen molar-refractivity contribution in [2.75, 3.05) is 0 Å². The lowest BCUT2D eigenvalue weighted by atomic mass is 9.98. The van der Waals surface area contributed by atoms with Crippen molar-refractivity contribution in [3.63, 3.8) is 0 Å². The third-order valence-electron chi connectivity index (χ3n) is 3.33. The molecule has 0 radical (unpaired) electrons. The Balaban J connectivity index is 2.15. The Labute approximate surface area is 130 Å². The standard InChI is InChI=1S/C17H11BrClF/c18-17(15-9-8-12(20)10-16(15)19)14-7-3-5-11-4-1-2-6-13(11)14/h1-10,17H. The van der Waals surface area contributed by atoms with Gasteiger partial charge < -0.3 is 0 Å². The topological polar surface area (TPSA) is 0 Å². The molecule has 1 unspecified atom stereocenters. The zero-order valence-electron chi connectivity index (χ0n) is 10.5. The molecule has 0 saturated heterocycles. The predicted molar refractivity (Wildman–Crippen MR) is 86.1 cm³/mol. The molecule has 0 N–H and O–H groups in total. The van der Waals surface area contributed by atoms with Gasteiger partial charge in [0.25, 0.3) is 0 Å². The summed E-state index contributed by atoms with van der Waals surface area (Å²) in [5, 5.41) is 2.77. The first-order valence-corrected chi connectivity index (χ1v) is 7.53. The van der Waals surface area contributed by atoms with E-state index in [0.717, 1.165) is 16.5 Å². The summed E-state index contributed by atoms with van der Waals surface area (Å²) in [5.41, 5.74) is 1.99. The van der Waals surface area contributed by atoms with Gasteiger partial charge in [-0.2, -0.15) is 0 Å². The predicted octanol–water partition coefficient (Wildman–Crippen LogP) is 6.12. The molecule has 0 heterocycles. The van der Waals surface area contributed by atoms with Crippen LogP contribution in [0.25, 0.3) is 10.8 Å². The Morgan fingerprint density at radius 2 is 1.65 bits per heavy atom. The fourth-order valence-corrected chi connectivity index (χ4v) is 3.55. The van der Waals surface area contributed by atoms with Crippen molar-refractivity contribution >= 4 is 38.3 Å². The van der Waals surface area contributed by atoms with E-state index >= 15 is 0 Å². The molecule has 0 aliphatic heterocycles. The van der Waals surface area contributed by atoms with Crippen LogP contribution in [0.4, 0.5) is 4.39 Å². The second-order valence-electron chi connectivity index (χ2n) is 4.60. The second kappa shape index (κ2) is 5.55. The van der Waals surface area contributed by atoms with Crippen LogP contribution in [0.15, 0.2) is 60.7 Å². The van der Waals surface area contributed by atoms with Gasteiger partial charge in [0, 0.05) is 5.02 Å². The molecule has 20 heavy (non-hydrogen) atoms. The van der Waals surface area contributed by atoms with E-state index in [0.29, 0.717) is 5.02 Å². The first-order chi connectivity index (χ1) is 9.66.